The van der Waals surface area contributed by atoms with Crippen molar-refractivity contribution in [3.8, 4) is 5.69 Å². The van der Waals surface area contributed by atoms with Gasteiger partial charge in [-0.25, -0.2) is 4.68 Å². The first kappa shape index (κ1) is 12.9. The Balaban J connectivity index is 1.78. The average molecular weight is 270 g/mol. The van der Waals surface area contributed by atoms with Crippen LogP contribution in [0.4, 0.5) is 5.69 Å². The molecular formula is C15H18N4O. The Morgan fingerprint density at radius 2 is 2.25 bits per heavy atom. The van der Waals surface area contributed by atoms with Gasteiger partial charge in [0.1, 0.15) is 0 Å². The zero-order valence-electron chi connectivity index (χ0n) is 11.4. The number of nitrogens with zero attached hydrogens (tertiary/aromatic N) is 2. The highest BCUT2D eigenvalue weighted by atomic mass is 16.2. The molecule has 1 amide bonds. The van der Waals surface area contributed by atoms with Crippen LogP contribution in [-0.4, -0.2) is 21.2 Å². The molecule has 1 unspecified atom stereocenters. The van der Waals surface area contributed by atoms with Crippen molar-refractivity contribution < 1.29 is 4.79 Å². The topological polar surface area (TPSA) is 72.9 Å². The summed E-state index contributed by atoms with van der Waals surface area (Å²) in [6.07, 6.45) is 5.65. The lowest BCUT2D eigenvalue weighted by molar-refractivity contribution is -0.121. The first-order valence-electron chi connectivity index (χ1n) is 6.78. The van der Waals surface area contributed by atoms with Crippen molar-refractivity contribution in [1.29, 1.82) is 0 Å². The zero-order valence-corrected chi connectivity index (χ0v) is 11.4. The number of carbonyl (C=O) groups excluding carboxylic acids is 1. The molecule has 104 valence electrons. The molecule has 1 saturated carbocycles. The summed E-state index contributed by atoms with van der Waals surface area (Å²) >= 11 is 0. The number of carbonyl (C=O) groups is 1. The lowest BCUT2D eigenvalue weighted by atomic mass is 9.96. The molecule has 0 radical (unpaired) electrons. The molecule has 1 aliphatic rings. The monoisotopic (exact) mass is 270 g/mol. The molecular weight excluding hydrogens is 252 g/mol. The molecule has 0 bridgehead atoms. The summed E-state index contributed by atoms with van der Waals surface area (Å²) in [6, 6.07) is 9.42. The van der Waals surface area contributed by atoms with Crippen LogP contribution in [0, 0.1) is 5.92 Å². The van der Waals surface area contributed by atoms with E-state index in [9.17, 15) is 4.79 Å². The zero-order chi connectivity index (χ0) is 14.2. The van der Waals surface area contributed by atoms with E-state index < -0.39 is 5.54 Å². The summed E-state index contributed by atoms with van der Waals surface area (Å²) in [5.41, 5.74) is 6.96. The molecule has 0 spiro atoms. The summed E-state index contributed by atoms with van der Waals surface area (Å²) in [5, 5.41) is 7.07. The van der Waals surface area contributed by atoms with Crippen LogP contribution in [0.3, 0.4) is 0 Å². The van der Waals surface area contributed by atoms with Crippen molar-refractivity contribution in [2.45, 2.75) is 25.3 Å². The van der Waals surface area contributed by atoms with E-state index in [1.54, 1.807) is 17.8 Å². The minimum Gasteiger partial charge on any atom is -0.324 e. The first-order chi connectivity index (χ1) is 9.57. The van der Waals surface area contributed by atoms with E-state index in [-0.39, 0.29) is 5.91 Å². The number of hydrogen-bond donors (Lipinski definition) is 2. The van der Waals surface area contributed by atoms with Crippen LogP contribution in [0.25, 0.3) is 5.69 Å². The average Bonchev–Trinajstić information content (AvgIpc) is 3.15. The van der Waals surface area contributed by atoms with Crippen LogP contribution in [0.1, 0.15) is 19.8 Å². The van der Waals surface area contributed by atoms with Gasteiger partial charge in [-0.05, 0) is 49.9 Å². The van der Waals surface area contributed by atoms with E-state index in [1.165, 1.54) is 0 Å². The van der Waals surface area contributed by atoms with Crippen LogP contribution in [0.15, 0.2) is 42.7 Å². The summed E-state index contributed by atoms with van der Waals surface area (Å²) in [6.45, 7) is 1.80. The van der Waals surface area contributed by atoms with Crippen LogP contribution >= 0.6 is 0 Å². The van der Waals surface area contributed by atoms with Gasteiger partial charge in [0.15, 0.2) is 0 Å². The molecule has 3 rings (SSSR count). The van der Waals surface area contributed by atoms with Gasteiger partial charge >= 0.3 is 0 Å². The Kier molecular flexibility index (Phi) is 3.06. The van der Waals surface area contributed by atoms with Gasteiger partial charge in [-0.15, -0.1) is 0 Å². The van der Waals surface area contributed by atoms with Gasteiger partial charge in [0, 0.05) is 18.1 Å². The van der Waals surface area contributed by atoms with Gasteiger partial charge in [0.2, 0.25) is 5.91 Å². The predicted molar refractivity (Wildman–Crippen MR) is 77.5 cm³/mol. The second kappa shape index (κ2) is 4.76. The fourth-order valence-corrected chi connectivity index (χ4v) is 2.28. The number of anilines is 1. The van der Waals surface area contributed by atoms with E-state index >= 15 is 0 Å². The molecule has 0 saturated heterocycles. The molecule has 5 heteroatoms. The number of amides is 1. The Labute approximate surface area is 117 Å². The van der Waals surface area contributed by atoms with E-state index in [0.717, 1.165) is 24.2 Å². The van der Waals surface area contributed by atoms with Crippen LogP contribution in [0.5, 0.6) is 0 Å². The molecule has 2 aromatic rings. The molecule has 3 N–H and O–H groups in total. The van der Waals surface area contributed by atoms with Crippen molar-refractivity contribution in [3.63, 3.8) is 0 Å². The molecule has 1 atom stereocenters. The first-order valence-corrected chi connectivity index (χ1v) is 6.78. The fourth-order valence-electron chi connectivity index (χ4n) is 2.28. The van der Waals surface area contributed by atoms with Crippen molar-refractivity contribution in [2.24, 2.45) is 11.7 Å². The minimum absolute atomic E-state index is 0.127. The van der Waals surface area contributed by atoms with Crippen LogP contribution in [0.2, 0.25) is 0 Å². The van der Waals surface area contributed by atoms with E-state index in [2.05, 4.69) is 10.4 Å². The van der Waals surface area contributed by atoms with Crippen LogP contribution in [-0.2, 0) is 4.79 Å². The maximum atomic E-state index is 12.3. The highest BCUT2D eigenvalue weighted by molar-refractivity contribution is 5.98. The van der Waals surface area contributed by atoms with Crippen molar-refractivity contribution in [2.75, 3.05) is 5.32 Å². The number of hydrogen-bond acceptors (Lipinski definition) is 3. The number of benzene rings is 1. The van der Waals surface area contributed by atoms with Crippen molar-refractivity contribution in [3.05, 3.63) is 42.7 Å². The standard InChI is InChI=1S/C15H18N4O/c1-15(16,11-6-7-11)14(20)18-12-4-2-5-13(10-12)19-9-3-8-17-19/h2-5,8-11H,6-7,16H2,1H3,(H,18,20). The highest BCUT2D eigenvalue weighted by Crippen LogP contribution is 2.38. The second-order valence-corrected chi connectivity index (χ2v) is 5.51. The molecule has 0 aliphatic heterocycles. The maximum absolute atomic E-state index is 12.3. The molecule has 1 aromatic carbocycles. The van der Waals surface area contributed by atoms with Gasteiger partial charge in [0.05, 0.1) is 11.2 Å². The van der Waals surface area contributed by atoms with Crippen molar-refractivity contribution >= 4 is 11.6 Å². The highest BCUT2D eigenvalue weighted by Gasteiger charge is 2.44. The summed E-state index contributed by atoms with van der Waals surface area (Å²) in [5.74, 6) is 0.175. The summed E-state index contributed by atoms with van der Waals surface area (Å²) < 4.78 is 1.75. The molecule has 1 fully saturated rings. The number of aromatic nitrogens is 2. The number of nitrogens with two attached hydrogens (primary N) is 1. The van der Waals surface area contributed by atoms with E-state index in [0.29, 0.717) is 5.92 Å². The SMILES string of the molecule is CC(N)(C(=O)Nc1cccc(-n2cccn2)c1)C1CC1. The Bertz CT molecular complexity index is 615. The molecule has 5 nitrogen and oxygen atoms in total. The number of rotatable bonds is 4. The molecule has 1 aliphatic carbocycles. The fraction of sp³-hybridized carbons (Fsp3) is 0.333. The largest absolute Gasteiger partial charge is 0.324 e. The van der Waals surface area contributed by atoms with Gasteiger partial charge < -0.3 is 11.1 Å². The lowest BCUT2D eigenvalue weighted by Crippen LogP contribution is -2.50. The number of nitrogens with one attached hydrogen (secondary N) is 1. The molecule has 20 heavy (non-hydrogen) atoms. The van der Waals surface area contributed by atoms with Gasteiger partial charge in [0.25, 0.3) is 0 Å². The third-order valence-electron chi connectivity index (χ3n) is 3.79. The summed E-state index contributed by atoms with van der Waals surface area (Å²) in [4.78, 5) is 12.3. The molecule has 1 heterocycles. The predicted octanol–water partition coefficient (Wildman–Crippen LogP) is 1.94. The lowest BCUT2D eigenvalue weighted by Gasteiger charge is -2.23. The Morgan fingerprint density at radius 1 is 1.45 bits per heavy atom. The van der Waals surface area contributed by atoms with Gasteiger partial charge in [-0.2, -0.15) is 5.10 Å². The Hall–Kier alpha value is -2.14. The third kappa shape index (κ3) is 2.44. The van der Waals surface area contributed by atoms with E-state index in [4.69, 9.17) is 5.73 Å². The summed E-state index contributed by atoms with van der Waals surface area (Å²) in [7, 11) is 0. The minimum atomic E-state index is -0.790. The second-order valence-electron chi connectivity index (χ2n) is 5.51. The molecule has 1 aromatic heterocycles. The quantitative estimate of drug-likeness (QED) is 0.891. The third-order valence-corrected chi connectivity index (χ3v) is 3.79. The van der Waals surface area contributed by atoms with Crippen LogP contribution < -0.4 is 11.1 Å². The van der Waals surface area contributed by atoms with Gasteiger partial charge in [-0.1, -0.05) is 6.07 Å². The maximum Gasteiger partial charge on any atom is 0.244 e. The van der Waals surface area contributed by atoms with E-state index in [1.807, 2.05) is 36.5 Å². The van der Waals surface area contributed by atoms with Crippen molar-refractivity contribution in [1.82, 2.24) is 9.78 Å². The Morgan fingerprint density at radius 3 is 2.90 bits per heavy atom. The van der Waals surface area contributed by atoms with Gasteiger partial charge in [-0.3, -0.25) is 4.79 Å². The normalized spacial score (nSPS) is 17.5. The smallest absolute Gasteiger partial charge is 0.244 e.